The lowest BCUT2D eigenvalue weighted by Gasteiger charge is -2.07. The van der Waals surface area contributed by atoms with Crippen LogP contribution >= 0.6 is 0 Å². The number of amides is 1. The van der Waals surface area contributed by atoms with E-state index in [2.05, 4.69) is 22.5 Å². The first kappa shape index (κ1) is 16.9. The lowest BCUT2D eigenvalue weighted by Crippen LogP contribution is -2.29. The Kier molecular flexibility index (Phi) is 5.96. The summed E-state index contributed by atoms with van der Waals surface area (Å²) in [4.78, 5) is 11.8. The molecule has 5 heteroatoms. The number of benzene rings is 2. The molecule has 0 saturated carbocycles. The summed E-state index contributed by atoms with van der Waals surface area (Å²) in [6.07, 6.45) is 4.44. The minimum atomic E-state index is -0.0934. The highest BCUT2D eigenvalue weighted by Crippen LogP contribution is 2.08. The van der Waals surface area contributed by atoms with Crippen molar-refractivity contribution in [2.75, 3.05) is 13.2 Å². The number of nitrogens with zero attached hydrogens (tertiary/aromatic N) is 2. The van der Waals surface area contributed by atoms with Crippen molar-refractivity contribution in [3.63, 3.8) is 0 Å². The van der Waals surface area contributed by atoms with Crippen LogP contribution in [0.5, 0.6) is 0 Å². The van der Waals surface area contributed by atoms with Gasteiger partial charge in [-0.1, -0.05) is 42.5 Å². The molecule has 2 aromatic carbocycles. The van der Waals surface area contributed by atoms with Crippen molar-refractivity contribution in [1.29, 1.82) is 0 Å². The van der Waals surface area contributed by atoms with Crippen molar-refractivity contribution in [2.45, 2.75) is 13.0 Å². The van der Waals surface area contributed by atoms with E-state index in [-0.39, 0.29) is 12.5 Å². The first-order valence-electron chi connectivity index (χ1n) is 8.28. The number of hydrogen-bond donors (Lipinski definition) is 1. The molecule has 0 aliphatic heterocycles. The number of ether oxygens (including phenoxy) is 1. The normalized spacial score (nSPS) is 10.6. The number of rotatable bonds is 8. The molecule has 1 heterocycles. The van der Waals surface area contributed by atoms with Crippen LogP contribution in [0.1, 0.15) is 11.1 Å². The van der Waals surface area contributed by atoms with Crippen molar-refractivity contribution >= 4 is 5.91 Å². The summed E-state index contributed by atoms with van der Waals surface area (Å²) in [7, 11) is 0. The summed E-state index contributed by atoms with van der Waals surface area (Å²) in [6, 6.07) is 19.9. The zero-order valence-electron chi connectivity index (χ0n) is 14.0. The molecule has 0 radical (unpaired) electrons. The van der Waals surface area contributed by atoms with Crippen LogP contribution in [0.25, 0.3) is 5.69 Å². The molecule has 3 rings (SSSR count). The maximum absolute atomic E-state index is 11.8. The molecule has 0 spiro atoms. The summed E-state index contributed by atoms with van der Waals surface area (Å²) in [5.74, 6) is -0.0934. The molecule has 128 valence electrons. The van der Waals surface area contributed by atoms with Crippen LogP contribution in [-0.2, 0) is 22.6 Å². The van der Waals surface area contributed by atoms with E-state index in [9.17, 15) is 4.79 Å². The molecular weight excluding hydrogens is 314 g/mol. The summed E-state index contributed by atoms with van der Waals surface area (Å²) < 4.78 is 7.23. The topological polar surface area (TPSA) is 56.1 Å². The van der Waals surface area contributed by atoms with Crippen LogP contribution in [0.3, 0.4) is 0 Å². The predicted octanol–water partition coefficient (Wildman–Crippen LogP) is 2.75. The monoisotopic (exact) mass is 335 g/mol. The van der Waals surface area contributed by atoms with E-state index >= 15 is 0 Å². The fourth-order valence-corrected chi connectivity index (χ4v) is 2.47. The van der Waals surface area contributed by atoms with Crippen LogP contribution in [0.4, 0.5) is 0 Å². The second kappa shape index (κ2) is 8.80. The third kappa shape index (κ3) is 5.29. The Hall–Kier alpha value is -2.92. The Morgan fingerprint density at radius 1 is 1.00 bits per heavy atom. The molecule has 25 heavy (non-hydrogen) atoms. The Labute approximate surface area is 147 Å². The van der Waals surface area contributed by atoms with Crippen molar-refractivity contribution in [1.82, 2.24) is 15.1 Å². The molecular formula is C20H21N3O2. The van der Waals surface area contributed by atoms with Gasteiger partial charge in [0.05, 0.1) is 12.3 Å². The van der Waals surface area contributed by atoms with E-state index in [1.54, 1.807) is 6.20 Å². The molecule has 0 fully saturated rings. The Morgan fingerprint density at radius 3 is 2.52 bits per heavy atom. The Bertz CT molecular complexity index is 768. The first-order valence-corrected chi connectivity index (χ1v) is 8.28. The third-order valence-electron chi connectivity index (χ3n) is 3.79. The number of hydrogen-bond acceptors (Lipinski definition) is 3. The smallest absolute Gasteiger partial charge is 0.246 e. The van der Waals surface area contributed by atoms with E-state index in [0.29, 0.717) is 13.2 Å². The molecule has 0 bridgehead atoms. The molecule has 5 nitrogen and oxygen atoms in total. The van der Waals surface area contributed by atoms with E-state index in [1.165, 1.54) is 5.56 Å². The van der Waals surface area contributed by atoms with E-state index < -0.39 is 0 Å². The van der Waals surface area contributed by atoms with Gasteiger partial charge in [0.15, 0.2) is 0 Å². The fourth-order valence-electron chi connectivity index (χ4n) is 2.47. The Balaban J connectivity index is 1.35. The van der Waals surface area contributed by atoms with Gasteiger partial charge in [-0.25, -0.2) is 4.68 Å². The SMILES string of the molecule is O=C(COCc1ccccc1)NCCc1ccc(-n2cccn2)cc1. The van der Waals surface area contributed by atoms with Crippen LogP contribution in [0.2, 0.25) is 0 Å². The summed E-state index contributed by atoms with van der Waals surface area (Å²) in [5, 5.41) is 7.08. The molecule has 1 aromatic heterocycles. The standard InChI is InChI=1S/C20H21N3O2/c24-20(16-25-15-18-5-2-1-3-6-18)21-13-11-17-7-9-19(10-8-17)23-14-4-12-22-23/h1-10,12,14H,11,13,15-16H2,(H,21,24). The molecule has 0 unspecified atom stereocenters. The van der Waals surface area contributed by atoms with E-state index in [1.807, 2.05) is 59.4 Å². The number of carbonyl (C=O) groups is 1. The second-order valence-electron chi connectivity index (χ2n) is 5.70. The predicted molar refractivity (Wildman–Crippen MR) is 96.4 cm³/mol. The average Bonchev–Trinajstić information content (AvgIpc) is 3.18. The van der Waals surface area contributed by atoms with Crippen LogP contribution in [0, 0.1) is 0 Å². The summed E-state index contributed by atoms with van der Waals surface area (Å²) in [5.41, 5.74) is 3.25. The highest BCUT2D eigenvalue weighted by molar-refractivity contribution is 5.77. The third-order valence-corrected chi connectivity index (χ3v) is 3.79. The number of aromatic nitrogens is 2. The molecule has 0 aliphatic rings. The van der Waals surface area contributed by atoms with Gasteiger partial charge in [-0.2, -0.15) is 5.10 Å². The van der Waals surface area contributed by atoms with Crippen molar-refractivity contribution < 1.29 is 9.53 Å². The quantitative estimate of drug-likeness (QED) is 0.689. The average molecular weight is 335 g/mol. The van der Waals surface area contributed by atoms with E-state index in [4.69, 9.17) is 4.74 Å². The zero-order chi connectivity index (χ0) is 17.3. The lowest BCUT2D eigenvalue weighted by molar-refractivity contribution is -0.126. The zero-order valence-corrected chi connectivity index (χ0v) is 14.0. The summed E-state index contributed by atoms with van der Waals surface area (Å²) in [6.45, 7) is 1.12. The van der Waals surface area contributed by atoms with Crippen LogP contribution in [0.15, 0.2) is 73.1 Å². The molecule has 1 N–H and O–H groups in total. The van der Waals surface area contributed by atoms with E-state index in [0.717, 1.165) is 17.7 Å². The minimum Gasteiger partial charge on any atom is -0.367 e. The van der Waals surface area contributed by atoms with Crippen molar-refractivity contribution in [3.8, 4) is 5.69 Å². The molecule has 0 saturated heterocycles. The van der Waals surface area contributed by atoms with Gasteiger partial charge in [-0.05, 0) is 35.7 Å². The van der Waals surface area contributed by atoms with Gasteiger partial charge < -0.3 is 10.1 Å². The van der Waals surface area contributed by atoms with Gasteiger partial charge in [-0.3, -0.25) is 4.79 Å². The molecule has 0 aliphatic carbocycles. The maximum atomic E-state index is 11.8. The Morgan fingerprint density at radius 2 is 1.80 bits per heavy atom. The van der Waals surface area contributed by atoms with Crippen LogP contribution < -0.4 is 5.32 Å². The number of carbonyl (C=O) groups excluding carboxylic acids is 1. The van der Waals surface area contributed by atoms with Crippen molar-refractivity contribution in [3.05, 3.63) is 84.2 Å². The lowest BCUT2D eigenvalue weighted by atomic mass is 10.1. The van der Waals surface area contributed by atoms with Gasteiger partial charge in [0, 0.05) is 18.9 Å². The summed E-state index contributed by atoms with van der Waals surface area (Å²) >= 11 is 0. The number of nitrogens with one attached hydrogen (secondary N) is 1. The minimum absolute atomic E-state index is 0.0765. The fraction of sp³-hybridized carbons (Fsp3) is 0.200. The highest BCUT2D eigenvalue weighted by Gasteiger charge is 2.02. The van der Waals surface area contributed by atoms with Crippen molar-refractivity contribution in [2.24, 2.45) is 0 Å². The molecule has 1 amide bonds. The maximum Gasteiger partial charge on any atom is 0.246 e. The van der Waals surface area contributed by atoms with Gasteiger partial charge in [-0.15, -0.1) is 0 Å². The molecule has 0 atom stereocenters. The highest BCUT2D eigenvalue weighted by atomic mass is 16.5. The largest absolute Gasteiger partial charge is 0.367 e. The second-order valence-corrected chi connectivity index (χ2v) is 5.70. The van der Waals surface area contributed by atoms with Gasteiger partial charge in [0.1, 0.15) is 6.61 Å². The van der Waals surface area contributed by atoms with Gasteiger partial charge >= 0.3 is 0 Å². The van der Waals surface area contributed by atoms with Gasteiger partial charge in [0.25, 0.3) is 0 Å². The van der Waals surface area contributed by atoms with Gasteiger partial charge in [0.2, 0.25) is 5.91 Å². The molecule has 3 aromatic rings. The first-order chi connectivity index (χ1) is 12.3. The van der Waals surface area contributed by atoms with Crippen LogP contribution in [-0.4, -0.2) is 28.8 Å².